The van der Waals surface area contributed by atoms with Crippen molar-refractivity contribution < 1.29 is 15.0 Å². The first kappa shape index (κ1) is 12.6. The molecule has 0 spiro atoms. The highest BCUT2D eigenvalue weighted by Gasteiger charge is 2.05. The van der Waals surface area contributed by atoms with Crippen molar-refractivity contribution in [1.82, 2.24) is 0 Å². The Morgan fingerprint density at radius 3 is 2.58 bits per heavy atom. The molecule has 0 saturated carbocycles. The summed E-state index contributed by atoms with van der Waals surface area (Å²) < 4.78 is 0. The number of hydrazone groups is 1. The van der Waals surface area contributed by atoms with Crippen LogP contribution in [-0.4, -0.2) is 22.4 Å². The highest BCUT2D eigenvalue weighted by atomic mass is 16.4. The van der Waals surface area contributed by atoms with Crippen LogP contribution >= 0.6 is 0 Å². The van der Waals surface area contributed by atoms with Gasteiger partial charge in [0.05, 0.1) is 17.5 Å². The maximum absolute atomic E-state index is 10.8. The van der Waals surface area contributed by atoms with Gasteiger partial charge in [-0.1, -0.05) is 18.2 Å². The number of para-hydroxylation sites is 1. The normalized spacial score (nSPS) is 10.5. The van der Waals surface area contributed by atoms with Gasteiger partial charge in [0, 0.05) is 5.56 Å². The average molecular weight is 256 g/mol. The average Bonchev–Trinajstić information content (AvgIpc) is 2.42. The van der Waals surface area contributed by atoms with Gasteiger partial charge < -0.3 is 10.2 Å². The number of hydrogen-bond acceptors (Lipinski definition) is 4. The molecule has 96 valence electrons. The van der Waals surface area contributed by atoms with E-state index in [9.17, 15) is 9.90 Å². The van der Waals surface area contributed by atoms with Gasteiger partial charge in [0.2, 0.25) is 0 Å². The van der Waals surface area contributed by atoms with E-state index in [-0.39, 0.29) is 11.3 Å². The van der Waals surface area contributed by atoms with Gasteiger partial charge in [-0.2, -0.15) is 5.10 Å². The van der Waals surface area contributed by atoms with Crippen molar-refractivity contribution in [3.63, 3.8) is 0 Å². The number of carbonyl (C=O) groups is 1. The fourth-order valence-corrected chi connectivity index (χ4v) is 1.48. The molecule has 2 aromatic rings. The van der Waals surface area contributed by atoms with Crippen molar-refractivity contribution in [2.45, 2.75) is 0 Å². The van der Waals surface area contributed by atoms with Gasteiger partial charge in [-0.05, 0) is 30.3 Å². The third-order valence-corrected chi connectivity index (χ3v) is 2.45. The van der Waals surface area contributed by atoms with Crippen LogP contribution in [0.4, 0.5) is 5.69 Å². The van der Waals surface area contributed by atoms with Gasteiger partial charge >= 0.3 is 5.97 Å². The Balaban J connectivity index is 2.14. The Labute approximate surface area is 109 Å². The van der Waals surface area contributed by atoms with Crippen LogP contribution in [0, 0.1) is 0 Å². The summed E-state index contributed by atoms with van der Waals surface area (Å²) in [5.74, 6) is -1.07. The van der Waals surface area contributed by atoms with E-state index < -0.39 is 5.97 Å². The molecule has 0 aromatic heterocycles. The Morgan fingerprint density at radius 1 is 1.16 bits per heavy atom. The standard InChI is InChI=1S/C14H12N2O3/c17-13-7-6-10(14(18)19)8-11(13)9-15-16-12-4-2-1-3-5-12/h1-9,16-17H,(H,18,19)/b15-9+. The molecule has 0 radical (unpaired) electrons. The van der Waals surface area contributed by atoms with Gasteiger partial charge in [0.15, 0.2) is 0 Å². The minimum Gasteiger partial charge on any atom is -0.507 e. The minimum absolute atomic E-state index is 0.0244. The molecule has 2 aromatic carbocycles. The predicted octanol–water partition coefficient (Wildman–Crippen LogP) is 2.54. The molecule has 5 heteroatoms. The van der Waals surface area contributed by atoms with E-state index in [1.807, 2.05) is 30.3 Å². The van der Waals surface area contributed by atoms with Crippen molar-refractivity contribution in [1.29, 1.82) is 0 Å². The third-order valence-electron chi connectivity index (χ3n) is 2.45. The van der Waals surface area contributed by atoms with Crippen molar-refractivity contribution in [3.8, 4) is 5.75 Å². The molecule has 0 amide bonds. The second kappa shape index (κ2) is 5.68. The zero-order valence-corrected chi connectivity index (χ0v) is 9.95. The Hall–Kier alpha value is -2.82. The number of rotatable bonds is 4. The van der Waals surface area contributed by atoms with Crippen molar-refractivity contribution in [3.05, 3.63) is 59.7 Å². The van der Waals surface area contributed by atoms with Gasteiger partial charge in [0.1, 0.15) is 5.75 Å². The first-order valence-electron chi connectivity index (χ1n) is 5.57. The number of aromatic carboxylic acids is 1. The lowest BCUT2D eigenvalue weighted by atomic mass is 10.1. The molecule has 5 nitrogen and oxygen atoms in total. The number of phenolic OH excluding ortho intramolecular Hbond substituents is 1. The summed E-state index contributed by atoms with van der Waals surface area (Å²) in [5.41, 5.74) is 4.01. The van der Waals surface area contributed by atoms with Crippen LogP contribution in [0.15, 0.2) is 53.6 Å². The first-order valence-corrected chi connectivity index (χ1v) is 5.57. The topological polar surface area (TPSA) is 81.9 Å². The van der Waals surface area contributed by atoms with Crippen molar-refractivity contribution in [2.75, 3.05) is 5.43 Å². The van der Waals surface area contributed by atoms with E-state index in [0.717, 1.165) is 5.69 Å². The van der Waals surface area contributed by atoms with Gasteiger partial charge in [-0.3, -0.25) is 5.43 Å². The summed E-state index contributed by atoms with van der Waals surface area (Å²) >= 11 is 0. The van der Waals surface area contributed by atoms with Gasteiger partial charge in [-0.25, -0.2) is 4.79 Å². The van der Waals surface area contributed by atoms with Crippen LogP contribution in [0.1, 0.15) is 15.9 Å². The number of carboxylic acids is 1. The molecule has 0 aliphatic carbocycles. The number of anilines is 1. The summed E-state index contributed by atoms with van der Waals surface area (Å²) in [6.07, 6.45) is 1.37. The second-order valence-electron chi connectivity index (χ2n) is 3.81. The predicted molar refractivity (Wildman–Crippen MR) is 72.7 cm³/mol. The molecule has 0 aliphatic heterocycles. The number of phenols is 1. The van der Waals surface area contributed by atoms with E-state index in [1.54, 1.807) is 0 Å². The molecular weight excluding hydrogens is 244 g/mol. The fourth-order valence-electron chi connectivity index (χ4n) is 1.48. The molecule has 19 heavy (non-hydrogen) atoms. The van der Waals surface area contributed by atoms with Crippen LogP contribution in [0.25, 0.3) is 0 Å². The number of carboxylic acid groups (broad SMARTS) is 1. The third kappa shape index (κ3) is 3.32. The molecule has 0 aliphatic rings. The monoisotopic (exact) mass is 256 g/mol. The summed E-state index contributed by atoms with van der Waals surface area (Å²) in [6.45, 7) is 0. The van der Waals surface area contributed by atoms with Crippen LogP contribution in [0.2, 0.25) is 0 Å². The Bertz CT molecular complexity index is 609. The fraction of sp³-hybridized carbons (Fsp3) is 0. The zero-order valence-electron chi connectivity index (χ0n) is 9.95. The van der Waals surface area contributed by atoms with Crippen LogP contribution in [0.3, 0.4) is 0 Å². The summed E-state index contributed by atoms with van der Waals surface area (Å²) in [6, 6.07) is 13.3. The number of aromatic hydroxyl groups is 1. The maximum Gasteiger partial charge on any atom is 0.335 e. The van der Waals surface area contributed by atoms with Crippen molar-refractivity contribution >= 4 is 17.9 Å². The van der Waals surface area contributed by atoms with E-state index in [1.165, 1.54) is 24.4 Å². The van der Waals surface area contributed by atoms with E-state index in [0.29, 0.717) is 5.56 Å². The first-order chi connectivity index (χ1) is 9.16. The molecule has 0 saturated heterocycles. The molecule has 3 N–H and O–H groups in total. The van der Waals surface area contributed by atoms with E-state index in [4.69, 9.17) is 5.11 Å². The van der Waals surface area contributed by atoms with Crippen LogP contribution in [0.5, 0.6) is 5.75 Å². The lowest BCUT2D eigenvalue weighted by molar-refractivity contribution is 0.0697. The zero-order chi connectivity index (χ0) is 13.7. The van der Waals surface area contributed by atoms with Crippen molar-refractivity contribution in [2.24, 2.45) is 5.10 Å². The molecular formula is C14H12N2O3. The summed E-state index contributed by atoms with van der Waals surface area (Å²) in [4.78, 5) is 10.8. The van der Waals surface area contributed by atoms with E-state index >= 15 is 0 Å². The molecule has 0 unspecified atom stereocenters. The SMILES string of the molecule is O=C(O)c1ccc(O)c(/C=N/Nc2ccccc2)c1. The smallest absolute Gasteiger partial charge is 0.335 e. The second-order valence-corrected chi connectivity index (χ2v) is 3.81. The summed E-state index contributed by atoms with van der Waals surface area (Å²) in [7, 11) is 0. The molecule has 0 heterocycles. The number of nitrogens with zero attached hydrogens (tertiary/aromatic N) is 1. The highest BCUT2D eigenvalue weighted by molar-refractivity contribution is 5.92. The summed E-state index contributed by atoms with van der Waals surface area (Å²) in [5, 5.41) is 22.4. The number of benzene rings is 2. The largest absolute Gasteiger partial charge is 0.507 e. The molecule has 0 bridgehead atoms. The minimum atomic E-state index is -1.05. The number of hydrogen-bond donors (Lipinski definition) is 3. The highest BCUT2D eigenvalue weighted by Crippen LogP contribution is 2.16. The molecule has 2 rings (SSSR count). The Morgan fingerprint density at radius 2 is 1.89 bits per heavy atom. The lowest BCUT2D eigenvalue weighted by Gasteiger charge is -2.01. The van der Waals surface area contributed by atoms with Gasteiger partial charge in [0.25, 0.3) is 0 Å². The lowest BCUT2D eigenvalue weighted by Crippen LogP contribution is -1.98. The van der Waals surface area contributed by atoms with Crippen LogP contribution < -0.4 is 5.43 Å². The molecule has 0 fully saturated rings. The van der Waals surface area contributed by atoms with E-state index in [2.05, 4.69) is 10.5 Å². The maximum atomic E-state index is 10.8. The van der Waals surface area contributed by atoms with Gasteiger partial charge in [-0.15, -0.1) is 0 Å². The van der Waals surface area contributed by atoms with Crippen LogP contribution in [-0.2, 0) is 0 Å². The number of nitrogens with one attached hydrogen (secondary N) is 1. The Kier molecular flexibility index (Phi) is 3.78. The quantitative estimate of drug-likeness (QED) is 0.580. The molecule has 0 atom stereocenters.